The first-order valence-corrected chi connectivity index (χ1v) is 5.33. The molecule has 13 heavy (non-hydrogen) atoms. The van der Waals surface area contributed by atoms with Gasteiger partial charge in [0.15, 0.2) is 0 Å². The second-order valence-corrected chi connectivity index (χ2v) is 4.79. The van der Waals surface area contributed by atoms with Gasteiger partial charge < -0.3 is 0 Å². The van der Waals surface area contributed by atoms with E-state index in [2.05, 4.69) is 43.0 Å². The fraction of sp³-hybridized carbons (Fsp3) is 0.444. The number of hydrogen-bond donors (Lipinski definition) is 0. The molecule has 0 atom stereocenters. The molecule has 0 saturated heterocycles. The lowest BCUT2D eigenvalue weighted by Crippen LogP contribution is -2.10. The maximum Gasteiger partial charge on any atom is 0.209 e. The number of nitrogens with zero attached hydrogens (tertiary/aromatic N) is 2. The van der Waals surface area contributed by atoms with E-state index in [-0.39, 0.29) is 5.41 Å². The van der Waals surface area contributed by atoms with Crippen molar-refractivity contribution in [2.75, 3.05) is 0 Å². The van der Waals surface area contributed by atoms with Crippen molar-refractivity contribution >= 4 is 40.3 Å². The molecule has 0 spiro atoms. The van der Waals surface area contributed by atoms with Crippen LogP contribution in [0.1, 0.15) is 26.5 Å². The smallest absolute Gasteiger partial charge is 0.209 e. The van der Waals surface area contributed by atoms with Crippen LogP contribution in [0.3, 0.4) is 0 Å². The molecule has 0 amide bonds. The van der Waals surface area contributed by atoms with Crippen LogP contribution in [0.4, 0.5) is 5.13 Å². The van der Waals surface area contributed by atoms with Crippen molar-refractivity contribution in [3.63, 3.8) is 0 Å². The summed E-state index contributed by atoms with van der Waals surface area (Å²) in [7, 11) is 0. The van der Waals surface area contributed by atoms with Gasteiger partial charge in [-0.3, -0.25) is 0 Å². The van der Waals surface area contributed by atoms with Crippen molar-refractivity contribution in [3.8, 4) is 0 Å². The summed E-state index contributed by atoms with van der Waals surface area (Å²) in [4.78, 5) is 8.45. The average Bonchev–Trinajstić information content (AvgIpc) is 2.47. The molecule has 0 unspecified atom stereocenters. The number of thiazole rings is 1. The van der Waals surface area contributed by atoms with Gasteiger partial charge in [-0.1, -0.05) is 33.0 Å². The summed E-state index contributed by atoms with van der Waals surface area (Å²) < 4.78 is 0. The summed E-state index contributed by atoms with van der Waals surface area (Å²) in [6.07, 6.45) is 1.58. The molecule has 0 fully saturated rings. The van der Waals surface area contributed by atoms with Crippen molar-refractivity contribution in [1.29, 1.82) is 0 Å². The summed E-state index contributed by atoms with van der Waals surface area (Å²) in [5, 5.41) is 4.29. The quantitative estimate of drug-likeness (QED) is 0.556. The number of rotatable bonds is 2. The Morgan fingerprint density at radius 3 is 2.69 bits per heavy atom. The van der Waals surface area contributed by atoms with E-state index in [1.165, 1.54) is 5.37 Å². The Hall–Kier alpha value is -0.610. The molecule has 0 radical (unpaired) electrons. The molecule has 0 aliphatic heterocycles. The van der Waals surface area contributed by atoms with E-state index < -0.39 is 0 Å². The summed E-state index contributed by atoms with van der Waals surface area (Å²) in [5.74, 6) is 0. The SMILES string of the molecule is CC(C)(C)c1csc(N=CC=S)n1. The lowest BCUT2D eigenvalue weighted by atomic mass is 9.93. The third-order valence-corrected chi connectivity index (χ3v) is 2.38. The van der Waals surface area contributed by atoms with Crippen molar-refractivity contribution in [1.82, 2.24) is 4.98 Å². The molecular weight excluding hydrogens is 200 g/mol. The van der Waals surface area contributed by atoms with Gasteiger partial charge in [-0.05, 0) is 0 Å². The first kappa shape index (κ1) is 10.5. The van der Waals surface area contributed by atoms with Crippen LogP contribution in [0.2, 0.25) is 0 Å². The molecule has 0 bridgehead atoms. The number of aromatic nitrogens is 1. The van der Waals surface area contributed by atoms with Crippen molar-refractivity contribution < 1.29 is 0 Å². The minimum Gasteiger partial charge on any atom is -0.227 e. The number of thiocarbonyl (C=S) groups is 1. The van der Waals surface area contributed by atoms with Crippen molar-refractivity contribution in [2.24, 2.45) is 4.99 Å². The minimum atomic E-state index is 0.0992. The van der Waals surface area contributed by atoms with E-state index in [4.69, 9.17) is 0 Å². The fourth-order valence-corrected chi connectivity index (χ4v) is 1.72. The van der Waals surface area contributed by atoms with Gasteiger partial charge in [0.1, 0.15) is 0 Å². The zero-order valence-electron chi connectivity index (χ0n) is 7.94. The Morgan fingerprint density at radius 2 is 2.23 bits per heavy atom. The van der Waals surface area contributed by atoms with Gasteiger partial charge in [0.25, 0.3) is 0 Å². The number of aliphatic imine (C=N–C) groups is 1. The molecule has 4 heteroatoms. The van der Waals surface area contributed by atoms with Gasteiger partial charge >= 0.3 is 0 Å². The summed E-state index contributed by atoms with van der Waals surface area (Å²) in [6.45, 7) is 6.40. The van der Waals surface area contributed by atoms with Gasteiger partial charge in [0.05, 0.1) is 5.69 Å². The van der Waals surface area contributed by atoms with Gasteiger partial charge in [-0.25, -0.2) is 9.98 Å². The minimum absolute atomic E-state index is 0.0992. The van der Waals surface area contributed by atoms with Crippen LogP contribution in [0.5, 0.6) is 0 Å². The first-order valence-electron chi connectivity index (χ1n) is 3.98. The fourth-order valence-electron chi connectivity index (χ4n) is 0.762. The van der Waals surface area contributed by atoms with Crippen LogP contribution >= 0.6 is 23.6 Å². The van der Waals surface area contributed by atoms with Crippen LogP contribution in [0.15, 0.2) is 10.4 Å². The maximum absolute atomic E-state index is 4.63. The van der Waals surface area contributed by atoms with E-state index in [0.717, 1.165) is 10.8 Å². The molecule has 2 nitrogen and oxygen atoms in total. The standard InChI is InChI=1S/C9H12N2S2/c1-9(2,3)7-6-13-8(11-7)10-4-5-12/h4-6H,1-3H3. The van der Waals surface area contributed by atoms with E-state index in [1.807, 2.05) is 5.38 Å². The van der Waals surface area contributed by atoms with Gasteiger partial charge in [-0.15, -0.1) is 11.3 Å². The molecule has 70 valence electrons. The summed E-state index contributed by atoms with van der Waals surface area (Å²) >= 11 is 6.17. The van der Waals surface area contributed by atoms with Crippen molar-refractivity contribution in [2.45, 2.75) is 26.2 Å². The molecule has 1 aromatic heterocycles. The Balaban J connectivity index is 2.87. The molecule has 0 N–H and O–H groups in total. The first-order chi connectivity index (χ1) is 6.04. The van der Waals surface area contributed by atoms with E-state index >= 15 is 0 Å². The second kappa shape index (κ2) is 4.07. The van der Waals surface area contributed by atoms with E-state index in [0.29, 0.717) is 0 Å². The lowest BCUT2D eigenvalue weighted by molar-refractivity contribution is 0.573. The highest BCUT2D eigenvalue weighted by atomic mass is 32.1. The summed E-state index contributed by atoms with van der Waals surface area (Å²) in [5.41, 5.74) is 1.18. The van der Waals surface area contributed by atoms with Crippen molar-refractivity contribution in [3.05, 3.63) is 11.1 Å². The Labute approximate surface area is 87.7 Å². The molecule has 1 heterocycles. The van der Waals surface area contributed by atoms with Crippen LogP contribution in [-0.2, 0) is 5.41 Å². The zero-order valence-corrected chi connectivity index (χ0v) is 9.58. The predicted molar refractivity (Wildman–Crippen MR) is 62.6 cm³/mol. The molecule has 0 saturated carbocycles. The normalized spacial score (nSPS) is 12.2. The largest absolute Gasteiger partial charge is 0.227 e. The van der Waals surface area contributed by atoms with Crippen LogP contribution in [0.25, 0.3) is 0 Å². The highest BCUT2D eigenvalue weighted by Crippen LogP contribution is 2.27. The predicted octanol–water partition coefficient (Wildman–Crippen LogP) is 3.14. The molecule has 0 aromatic carbocycles. The molecule has 0 aliphatic carbocycles. The highest BCUT2D eigenvalue weighted by Gasteiger charge is 2.16. The van der Waals surface area contributed by atoms with E-state index in [9.17, 15) is 0 Å². The van der Waals surface area contributed by atoms with Gasteiger partial charge in [-0.2, -0.15) is 0 Å². The zero-order chi connectivity index (χ0) is 9.90. The van der Waals surface area contributed by atoms with Crippen LogP contribution in [-0.4, -0.2) is 16.6 Å². The molecular formula is C9H12N2S2. The van der Waals surface area contributed by atoms with Gasteiger partial charge in [0.2, 0.25) is 5.13 Å². The number of hydrogen-bond acceptors (Lipinski definition) is 4. The lowest BCUT2D eigenvalue weighted by Gasteiger charge is -2.13. The Morgan fingerprint density at radius 1 is 1.54 bits per heavy atom. The highest BCUT2D eigenvalue weighted by molar-refractivity contribution is 7.80. The summed E-state index contributed by atoms with van der Waals surface area (Å²) in [6, 6.07) is 0. The topological polar surface area (TPSA) is 25.2 Å². The monoisotopic (exact) mass is 212 g/mol. The Kier molecular flexibility index (Phi) is 3.27. The molecule has 1 rings (SSSR count). The Bertz CT molecular complexity index is 321. The molecule has 0 aliphatic rings. The van der Waals surface area contributed by atoms with E-state index in [1.54, 1.807) is 17.6 Å². The van der Waals surface area contributed by atoms with Gasteiger partial charge in [0, 0.05) is 22.4 Å². The maximum atomic E-state index is 4.63. The third kappa shape index (κ3) is 2.97. The van der Waals surface area contributed by atoms with Crippen LogP contribution < -0.4 is 0 Å². The molecule has 1 aromatic rings. The third-order valence-electron chi connectivity index (χ3n) is 1.51. The average molecular weight is 212 g/mol. The van der Waals surface area contributed by atoms with Crippen LogP contribution in [0, 0.1) is 0 Å². The second-order valence-electron chi connectivity index (χ2n) is 3.68.